The van der Waals surface area contributed by atoms with E-state index < -0.39 is 0 Å². The largest absolute Gasteiger partial charge is 0.489 e. The van der Waals surface area contributed by atoms with E-state index in [2.05, 4.69) is 16.9 Å². The van der Waals surface area contributed by atoms with Crippen LogP contribution in [0.5, 0.6) is 5.75 Å². The molecular weight excluding hydrogens is 252 g/mol. The van der Waals surface area contributed by atoms with Crippen LogP contribution in [0.1, 0.15) is 11.1 Å². The van der Waals surface area contributed by atoms with Crippen molar-refractivity contribution in [3.63, 3.8) is 0 Å². The lowest BCUT2D eigenvalue weighted by Crippen LogP contribution is -2.08. The van der Waals surface area contributed by atoms with Crippen molar-refractivity contribution < 1.29 is 9.53 Å². The molecule has 0 unspecified atom stereocenters. The number of benzene rings is 1. The second-order valence-electron chi connectivity index (χ2n) is 4.31. The first-order chi connectivity index (χ1) is 9.69. The second kappa shape index (κ2) is 6.52. The van der Waals surface area contributed by atoms with Crippen LogP contribution in [0, 0.1) is 6.92 Å². The normalized spacial score (nSPS) is 9.85. The Kier molecular flexibility index (Phi) is 4.50. The summed E-state index contributed by atoms with van der Waals surface area (Å²) in [4.78, 5) is 15.2. The SMILES string of the molecule is C=CC(=O)Nc1ccc(OCc2ccncc2)cc1C. The van der Waals surface area contributed by atoms with Crippen molar-refractivity contribution in [2.75, 3.05) is 5.32 Å². The Labute approximate surface area is 118 Å². The zero-order valence-corrected chi connectivity index (χ0v) is 11.3. The van der Waals surface area contributed by atoms with E-state index in [0.29, 0.717) is 6.61 Å². The second-order valence-corrected chi connectivity index (χ2v) is 4.31. The highest BCUT2D eigenvalue weighted by molar-refractivity contribution is 5.99. The molecule has 0 fully saturated rings. The quantitative estimate of drug-likeness (QED) is 0.848. The van der Waals surface area contributed by atoms with Gasteiger partial charge < -0.3 is 10.1 Å². The van der Waals surface area contributed by atoms with Gasteiger partial charge in [0.2, 0.25) is 5.91 Å². The van der Waals surface area contributed by atoms with E-state index in [4.69, 9.17) is 4.74 Å². The molecule has 0 aliphatic rings. The van der Waals surface area contributed by atoms with Crippen LogP contribution in [0.25, 0.3) is 0 Å². The molecule has 1 N–H and O–H groups in total. The van der Waals surface area contributed by atoms with Crippen LogP contribution in [-0.4, -0.2) is 10.9 Å². The number of aromatic nitrogens is 1. The lowest BCUT2D eigenvalue weighted by molar-refractivity contribution is -0.111. The molecule has 0 saturated heterocycles. The van der Waals surface area contributed by atoms with Crippen molar-refractivity contribution in [1.82, 2.24) is 4.98 Å². The number of amides is 1. The standard InChI is InChI=1S/C16H16N2O2/c1-3-16(19)18-15-5-4-14(10-12(15)2)20-11-13-6-8-17-9-7-13/h3-10H,1,11H2,2H3,(H,18,19). The third-order valence-corrected chi connectivity index (χ3v) is 2.80. The third kappa shape index (κ3) is 3.68. The monoisotopic (exact) mass is 268 g/mol. The van der Waals surface area contributed by atoms with Crippen LogP contribution in [0.3, 0.4) is 0 Å². The van der Waals surface area contributed by atoms with E-state index in [1.807, 2.05) is 37.3 Å². The molecule has 1 aromatic heterocycles. The zero-order valence-electron chi connectivity index (χ0n) is 11.3. The minimum atomic E-state index is -0.224. The average molecular weight is 268 g/mol. The van der Waals surface area contributed by atoms with Crippen LogP contribution in [0.4, 0.5) is 5.69 Å². The Balaban J connectivity index is 2.02. The summed E-state index contributed by atoms with van der Waals surface area (Å²) in [6.45, 7) is 5.83. The van der Waals surface area contributed by atoms with Crippen molar-refractivity contribution in [2.24, 2.45) is 0 Å². The summed E-state index contributed by atoms with van der Waals surface area (Å²) < 4.78 is 5.70. The van der Waals surface area contributed by atoms with Gasteiger partial charge in [-0.25, -0.2) is 0 Å². The van der Waals surface area contributed by atoms with Crippen molar-refractivity contribution in [3.05, 3.63) is 66.5 Å². The average Bonchev–Trinajstić information content (AvgIpc) is 2.48. The predicted octanol–water partition coefficient (Wildman–Crippen LogP) is 3.09. The van der Waals surface area contributed by atoms with E-state index in [-0.39, 0.29) is 5.91 Å². The molecule has 0 saturated carbocycles. The van der Waals surface area contributed by atoms with Gasteiger partial charge >= 0.3 is 0 Å². The Bertz CT molecular complexity index is 609. The molecule has 1 aromatic carbocycles. The molecule has 0 spiro atoms. The summed E-state index contributed by atoms with van der Waals surface area (Å²) in [5, 5.41) is 2.74. The lowest BCUT2D eigenvalue weighted by Gasteiger charge is -2.10. The van der Waals surface area contributed by atoms with Crippen LogP contribution in [-0.2, 0) is 11.4 Å². The molecule has 0 radical (unpaired) electrons. The van der Waals surface area contributed by atoms with Crippen LogP contribution in [0.2, 0.25) is 0 Å². The Hall–Kier alpha value is -2.62. The number of hydrogen-bond donors (Lipinski definition) is 1. The molecule has 20 heavy (non-hydrogen) atoms. The van der Waals surface area contributed by atoms with E-state index in [1.54, 1.807) is 12.4 Å². The van der Waals surface area contributed by atoms with Gasteiger partial charge in [-0.05, 0) is 54.5 Å². The number of anilines is 1. The van der Waals surface area contributed by atoms with Gasteiger partial charge in [0.05, 0.1) is 0 Å². The van der Waals surface area contributed by atoms with Gasteiger partial charge in [-0.1, -0.05) is 6.58 Å². The number of aryl methyl sites for hydroxylation is 1. The number of carbonyl (C=O) groups is 1. The molecule has 1 heterocycles. The first-order valence-electron chi connectivity index (χ1n) is 6.25. The number of carbonyl (C=O) groups excluding carboxylic acids is 1. The number of ether oxygens (including phenoxy) is 1. The van der Waals surface area contributed by atoms with Crippen molar-refractivity contribution in [1.29, 1.82) is 0 Å². The smallest absolute Gasteiger partial charge is 0.247 e. The van der Waals surface area contributed by atoms with Gasteiger partial charge in [-0.15, -0.1) is 0 Å². The molecule has 102 valence electrons. The summed E-state index contributed by atoms with van der Waals surface area (Å²) in [5.74, 6) is 0.537. The minimum absolute atomic E-state index is 0.224. The maximum Gasteiger partial charge on any atom is 0.247 e. The summed E-state index contributed by atoms with van der Waals surface area (Å²) >= 11 is 0. The molecule has 4 heteroatoms. The van der Waals surface area contributed by atoms with Gasteiger partial charge in [-0.3, -0.25) is 9.78 Å². The van der Waals surface area contributed by atoms with Crippen LogP contribution in [0.15, 0.2) is 55.4 Å². The van der Waals surface area contributed by atoms with E-state index in [9.17, 15) is 4.79 Å². The maximum absolute atomic E-state index is 11.3. The molecule has 0 aliphatic carbocycles. The first-order valence-corrected chi connectivity index (χ1v) is 6.25. The molecule has 4 nitrogen and oxygen atoms in total. The number of pyridine rings is 1. The molecule has 0 aliphatic heterocycles. The van der Waals surface area contributed by atoms with Gasteiger partial charge in [0.25, 0.3) is 0 Å². The highest BCUT2D eigenvalue weighted by atomic mass is 16.5. The van der Waals surface area contributed by atoms with Gasteiger partial charge in [-0.2, -0.15) is 0 Å². The molecule has 0 atom stereocenters. The first kappa shape index (κ1) is 13.8. The predicted molar refractivity (Wildman–Crippen MR) is 78.6 cm³/mol. The summed E-state index contributed by atoms with van der Waals surface area (Å²) in [5.41, 5.74) is 2.75. The highest BCUT2D eigenvalue weighted by Gasteiger charge is 2.03. The Morgan fingerprint density at radius 3 is 2.75 bits per heavy atom. The van der Waals surface area contributed by atoms with Gasteiger partial charge in [0.1, 0.15) is 12.4 Å². The summed E-state index contributed by atoms with van der Waals surface area (Å²) in [6, 6.07) is 9.35. The minimum Gasteiger partial charge on any atom is -0.489 e. The van der Waals surface area contributed by atoms with Crippen molar-refractivity contribution >= 4 is 11.6 Å². The third-order valence-electron chi connectivity index (χ3n) is 2.80. The van der Waals surface area contributed by atoms with Crippen molar-refractivity contribution in [3.8, 4) is 5.75 Å². The Morgan fingerprint density at radius 2 is 2.10 bits per heavy atom. The number of hydrogen-bond acceptors (Lipinski definition) is 3. The van der Waals surface area contributed by atoms with E-state index in [0.717, 1.165) is 22.6 Å². The molecule has 1 amide bonds. The summed E-state index contributed by atoms with van der Waals surface area (Å²) in [6.07, 6.45) is 4.71. The maximum atomic E-state index is 11.3. The number of nitrogens with one attached hydrogen (secondary N) is 1. The molecule has 2 rings (SSSR count). The van der Waals surface area contributed by atoms with Crippen LogP contribution >= 0.6 is 0 Å². The van der Waals surface area contributed by atoms with Crippen LogP contribution < -0.4 is 10.1 Å². The van der Waals surface area contributed by atoms with E-state index in [1.165, 1.54) is 6.08 Å². The van der Waals surface area contributed by atoms with E-state index >= 15 is 0 Å². The molecule has 2 aromatic rings. The topological polar surface area (TPSA) is 51.2 Å². The molecular formula is C16H16N2O2. The fraction of sp³-hybridized carbons (Fsp3) is 0.125. The van der Waals surface area contributed by atoms with Crippen molar-refractivity contribution in [2.45, 2.75) is 13.5 Å². The highest BCUT2D eigenvalue weighted by Crippen LogP contribution is 2.22. The number of nitrogens with zero attached hydrogens (tertiary/aromatic N) is 1. The number of rotatable bonds is 5. The Morgan fingerprint density at radius 1 is 1.35 bits per heavy atom. The van der Waals surface area contributed by atoms with Gasteiger partial charge in [0.15, 0.2) is 0 Å². The fourth-order valence-electron chi connectivity index (χ4n) is 1.70. The van der Waals surface area contributed by atoms with Gasteiger partial charge in [0, 0.05) is 18.1 Å². The fourth-order valence-corrected chi connectivity index (χ4v) is 1.70. The lowest BCUT2D eigenvalue weighted by atomic mass is 10.2. The summed E-state index contributed by atoms with van der Waals surface area (Å²) in [7, 11) is 0. The molecule has 0 bridgehead atoms. The zero-order chi connectivity index (χ0) is 14.4.